The van der Waals surface area contributed by atoms with Crippen molar-refractivity contribution in [3.05, 3.63) is 17.8 Å². The SMILES string of the molecule is CNc1nc(C2CCC(C)(C)C(NC(=O)C3CCC(=O)N(C)C3)C2)ccc1NCC(C)(C)C. The van der Waals surface area contributed by atoms with Gasteiger partial charge < -0.3 is 20.9 Å². The van der Waals surface area contributed by atoms with Crippen LogP contribution < -0.4 is 16.0 Å². The molecular formula is C26H43N5O2. The minimum Gasteiger partial charge on any atom is -0.382 e. The van der Waals surface area contributed by atoms with Crippen molar-refractivity contribution in [2.45, 2.75) is 78.7 Å². The van der Waals surface area contributed by atoms with E-state index in [4.69, 9.17) is 4.98 Å². The number of carbonyl (C=O) groups excluding carboxylic acids is 2. The van der Waals surface area contributed by atoms with E-state index in [0.717, 1.165) is 43.0 Å². The Morgan fingerprint density at radius 3 is 2.61 bits per heavy atom. The van der Waals surface area contributed by atoms with Gasteiger partial charge >= 0.3 is 0 Å². The number of anilines is 2. The van der Waals surface area contributed by atoms with Gasteiger partial charge in [0.1, 0.15) is 5.82 Å². The van der Waals surface area contributed by atoms with Crippen molar-refractivity contribution >= 4 is 23.3 Å². The Morgan fingerprint density at radius 1 is 1.24 bits per heavy atom. The summed E-state index contributed by atoms with van der Waals surface area (Å²) in [5.41, 5.74) is 2.32. The summed E-state index contributed by atoms with van der Waals surface area (Å²) in [5.74, 6) is 1.27. The van der Waals surface area contributed by atoms with Crippen LogP contribution in [-0.2, 0) is 9.59 Å². The van der Waals surface area contributed by atoms with Gasteiger partial charge in [-0.2, -0.15) is 0 Å². The van der Waals surface area contributed by atoms with Gasteiger partial charge in [-0.05, 0) is 48.6 Å². The van der Waals surface area contributed by atoms with Crippen LogP contribution in [0.15, 0.2) is 12.1 Å². The lowest BCUT2D eigenvalue weighted by Crippen LogP contribution is -2.52. The molecule has 3 rings (SSSR count). The van der Waals surface area contributed by atoms with Crippen molar-refractivity contribution in [3.8, 4) is 0 Å². The molecule has 0 spiro atoms. The molecule has 1 saturated carbocycles. The molecule has 1 aliphatic carbocycles. The molecule has 184 valence electrons. The first-order chi connectivity index (χ1) is 15.4. The Kier molecular flexibility index (Phi) is 7.59. The summed E-state index contributed by atoms with van der Waals surface area (Å²) in [7, 11) is 3.70. The molecule has 3 atom stereocenters. The number of likely N-dealkylation sites (tertiary alicyclic amines) is 1. The summed E-state index contributed by atoms with van der Waals surface area (Å²) >= 11 is 0. The Hall–Kier alpha value is -2.31. The van der Waals surface area contributed by atoms with Crippen molar-refractivity contribution < 1.29 is 9.59 Å². The van der Waals surface area contributed by atoms with Crippen LogP contribution in [0.5, 0.6) is 0 Å². The summed E-state index contributed by atoms with van der Waals surface area (Å²) < 4.78 is 0. The fraction of sp³-hybridized carbons (Fsp3) is 0.731. The summed E-state index contributed by atoms with van der Waals surface area (Å²) in [6.45, 7) is 12.5. The average Bonchev–Trinajstić information content (AvgIpc) is 2.74. The number of amides is 2. The lowest BCUT2D eigenvalue weighted by atomic mass is 9.68. The van der Waals surface area contributed by atoms with Gasteiger partial charge in [0.05, 0.1) is 11.6 Å². The first-order valence-corrected chi connectivity index (χ1v) is 12.4. The van der Waals surface area contributed by atoms with Crippen LogP contribution in [0, 0.1) is 16.7 Å². The number of aromatic nitrogens is 1. The predicted molar refractivity (Wildman–Crippen MR) is 134 cm³/mol. The zero-order chi connectivity index (χ0) is 24.4. The third-order valence-electron chi connectivity index (χ3n) is 7.30. The van der Waals surface area contributed by atoms with Gasteiger partial charge in [-0.1, -0.05) is 34.6 Å². The molecule has 1 aromatic heterocycles. The molecule has 2 heterocycles. The van der Waals surface area contributed by atoms with Crippen molar-refractivity contribution in [2.75, 3.05) is 37.8 Å². The molecule has 1 saturated heterocycles. The van der Waals surface area contributed by atoms with Crippen molar-refractivity contribution in [2.24, 2.45) is 16.7 Å². The van der Waals surface area contributed by atoms with Gasteiger partial charge in [0.15, 0.2) is 0 Å². The Balaban J connectivity index is 1.70. The standard InChI is InChI=1S/C26H43N5O2/c1-25(2,3)16-28-20-10-9-19(29-23(20)27-6)17-12-13-26(4,5)21(14-17)30-24(33)18-8-11-22(32)31(7)15-18/h9-10,17-18,21,28H,8,11-16H2,1-7H3,(H,27,29)(H,30,33). The highest BCUT2D eigenvalue weighted by atomic mass is 16.2. The minimum absolute atomic E-state index is 0.0303. The number of carbonyl (C=O) groups is 2. The molecule has 2 fully saturated rings. The highest BCUT2D eigenvalue weighted by molar-refractivity contribution is 5.83. The molecule has 2 aliphatic rings. The largest absolute Gasteiger partial charge is 0.382 e. The summed E-state index contributed by atoms with van der Waals surface area (Å²) in [6, 6.07) is 4.35. The molecule has 3 N–H and O–H groups in total. The van der Waals surface area contributed by atoms with Crippen LogP contribution in [0.1, 0.15) is 78.3 Å². The Bertz CT molecular complexity index is 861. The number of hydrogen-bond acceptors (Lipinski definition) is 5. The smallest absolute Gasteiger partial charge is 0.225 e. The Morgan fingerprint density at radius 2 is 1.97 bits per heavy atom. The van der Waals surface area contributed by atoms with Crippen molar-refractivity contribution in [1.29, 1.82) is 0 Å². The molecular weight excluding hydrogens is 414 g/mol. The van der Waals surface area contributed by atoms with Crippen LogP contribution in [0.25, 0.3) is 0 Å². The van der Waals surface area contributed by atoms with Gasteiger partial charge in [0.25, 0.3) is 0 Å². The van der Waals surface area contributed by atoms with E-state index in [1.807, 2.05) is 7.05 Å². The second kappa shape index (κ2) is 9.90. The maximum atomic E-state index is 13.1. The van der Waals surface area contributed by atoms with Gasteiger partial charge in [0, 0.05) is 51.3 Å². The molecule has 1 aliphatic heterocycles. The van der Waals surface area contributed by atoms with E-state index < -0.39 is 0 Å². The second-order valence-electron chi connectivity index (χ2n) is 11.8. The molecule has 0 bridgehead atoms. The molecule has 0 aromatic carbocycles. The van der Waals surface area contributed by atoms with E-state index in [2.05, 4.69) is 62.7 Å². The molecule has 3 unspecified atom stereocenters. The van der Waals surface area contributed by atoms with E-state index in [1.165, 1.54) is 0 Å². The molecule has 2 amide bonds. The number of pyridine rings is 1. The quantitative estimate of drug-likeness (QED) is 0.595. The monoisotopic (exact) mass is 457 g/mol. The van der Waals surface area contributed by atoms with Crippen molar-refractivity contribution in [1.82, 2.24) is 15.2 Å². The lowest BCUT2D eigenvalue weighted by Gasteiger charge is -2.43. The number of nitrogens with zero attached hydrogens (tertiary/aromatic N) is 2. The van der Waals surface area contributed by atoms with Crippen LogP contribution in [-0.4, -0.2) is 54.9 Å². The van der Waals surface area contributed by atoms with E-state index in [-0.39, 0.29) is 34.6 Å². The molecule has 1 aromatic rings. The van der Waals surface area contributed by atoms with Gasteiger partial charge in [-0.15, -0.1) is 0 Å². The predicted octanol–water partition coefficient (Wildman–Crippen LogP) is 4.23. The maximum Gasteiger partial charge on any atom is 0.225 e. The molecule has 7 heteroatoms. The van der Waals surface area contributed by atoms with Gasteiger partial charge in [-0.25, -0.2) is 4.98 Å². The van der Waals surface area contributed by atoms with E-state index in [0.29, 0.717) is 25.3 Å². The zero-order valence-corrected chi connectivity index (χ0v) is 21.5. The zero-order valence-electron chi connectivity index (χ0n) is 21.5. The first kappa shape index (κ1) is 25.3. The topological polar surface area (TPSA) is 86.4 Å². The number of hydrogen-bond donors (Lipinski definition) is 3. The first-order valence-electron chi connectivity index (χ1n) is 12.4. The van der Waals surface area contributed by atoms with Crippen LogP contribution >= 0.6 is 0 Å². The maximum absolute atomic E-state index is 13.1. The third-order valence-corrected chi connectivity index (χ3v) is 7.30. The highest BCUT2D eigenvalue weighted by Crippen LogP contribution is 2.43. The summed E-state index contributed by atoms with van der Waals surface area (Å²) in [4.78, 5) is 31.5. The van der Waals surface area contributed by atoms with E-state index in [1.54, 1.807) is 11.9 Å². The molecule has 7 nitrogen and oxygen atoms in total. The molecule has 0 radical (unpaired) electrons. The number of nitrogens with one attached hydrogen (secondary N) is 3. The van der Waals surface area contributed by atoms with E-state index in [9.17, 15) is 9.59 Å². The van der Waals surface area contributed by atoms with Crippen LogP contribution in [0.3, 0.4) is 0 Å². The number of piperidine rings is 1. The highest BCUT2D eigenvalue weighted by Gasteiger charge is 2.40. The fourth-order valence-electron chi connectivity index (χ4n) is 4.88. The van der Waals surface area contributed by atoms with Crippen molar-refractivity contribution in [3.63, 3.8) is 0 Å². The van der Waals surface area contributed by atoms with Crippen LogP contribution in [0.2, 0.25) is 0 Å². The molecule has 33 heavy (non-hydrogen) atoms. The van der Waals surface area contributed by atoms with Crippen LogP contribution in [0.4, 0.5) is 11.5 Å². The normalized spacial score (nSPS) is 25.5. The lowest BCUT2D eigenvalue weighted by molar-refractivity contribution is -0.137. The van der Waals surface area contributed by atoms with Gasteiger partial charge in [-0.3, -0.25) is 9.59 Å². The summed E-state index contributed by atoms with van der Waals surface area (Å²) in [6.07, 6.45) is 4.07. The minimum atomic E-state index is -0.119. The summed E-state index contributed by atoms with van der Waals surface area (Å²) in [5, 5.41) is 10.1. The average molecular weight is 458 g/mol. The fourth-order valence-corrected chi connectivity index (χ4v) is 4.88. The third kappa shape index (κ3) is 6.39. The van der Waals surface area contributed by atoms with Gasteiger partial charge in [0.2, 0.25) is 11.8 Å². The Labute approximate surface area is 199 Å². The second-order valence-corrected chi connectivity index (χ2v) is 11.8. The number of rotatable bonds is 6. The van der Waals surface area contributed by atoms with E-state index >= 15 is 0 Å².